The van der Waals surface area contributed by atoms with E-state index in [1.54, 1.807) is 11.3 Å². The van der Waals surface area contributed by atoms with Crippen molar-refractivity contribution in [2.24, 2.45) is 0 Å². The van der Waals surface area contributed by atoms with Gasteiger partial charge < -0.3 is 9.42 Å². The van der Waals surface area contributed by atoms with Gasteiger partial charge in [-0.2, -0.15) is 4.98 Å². The molecule has 122 valence electrons. The minimum atomic E-state index is -0.328. The molecule has 1 saturated heterocycles. The first-order chi connectivity index (χ1) is 11.2. The monoisotopic (exact) mass is 331 g/mol. The van der Waals surface area contributed by atoms with Crippen molar-refractivity contribution < 1.29 is 9.32 Å². The van der Waals surface area contributed by atoms with Gasteiger partial charge in [-0.15, -0.1) is 11.3 Å². The topological polar surface area (TPSA) is 59.2 Å². The molecule has 0 spiro atoms. The van der Waals surface area contributed by atoms with Crippen LogP contribution >= 0.6 is 11.3 Å². The molecule has 0 unspecified atom stereocenters. The molecule has 1 amide bonds. The van der Waals surface area contributed by atoms with Crippen LogP contribution in [0, 0.1) is 6.92 Å². The number of likely N-dealkylation sites (tertiary alicyclic amines) is 1. The SMILES string of the molecule is Cc1noc([C@@H]2CCCN2C(=O)C2(c3cccs3)CCCC2)n1. The number of hydrogen-bond donors (Lipinski definition) is 0. The lowest BCUT2D eigenvalue weighted by Crippen LogP contribution is -2.44. The lowest BCUT2D eigenvalue weighted by atomic mass is 9.82. The van der Waals surface area contributed by atoms with Crippen LogP contribution in [-0.2, 0) is 10.2 Å². The zero-order chi connectivity index (χ0) is 15.9. The Balaban J connectivity index is 1.66. The summed E-state index contributed by atoms with van der Waals surface area (Å²) in [7, 11) is 0. The maximum absolute atomic E-state index is 13.5. The van der Waals surface area contributed by atoms with Crippen molar-refractivity contribution in [2.45, 2.75) is 56.9 Å². The zero-order valence-electron chi connectivity index (χ0n) is 13.3. The predicted octanol–water partition coefficient (Wildman–Crippen LogP) is 3.62. The molecule has 2 aliphatic rings. The van der Waals surface area contributed by atoms with Crippen LogP contribution in [-0.4, -0.2) is 27.5 Å². The molecule has 0 bridgehead atoms. The Morgan fingerprint density at radius 3 is 2.87 bits per heavy atom. The Morgan fingerprint density at radius 2 is 2.22 bits per heavy atom. The fourth-order valence-corrected chi connectivity index (χ4v) is 5.06. The van der Waals surface area contributed by atoms with Crippen LogP contribution < -0.4 is 0 Å². The van der Waals surface area contributed by atoms with Crippen LogP contribution in [0.5, 0.6) is 0 Å². The molecule has 0 radical (unpaired) electrons. The van der Waals surface area contributed by atoms with Gasteiger partial charge in [0, 0.05) is 11.4 Å². The highest BCUT2D eigenvalue weighted by atomic mass is 32.1. The molecule has 5 nitrogen and oxygen atoms in total. The summed E-state index contributed by atoms with van der Waals surface area (Å²) in [6.45, 7) is 2.61. The molecule has 23 heavy (non-hydrogen) atoms. The third-order valence-corrected chi connectivity index (χ3v) is 6.28. The van der Waals surface area contributed by atoms with Gasteiger partial charge in [0.15, 0.2) is 5.82 Å². The third-order valence-electron chi connectivity index (χ3n) is 5.20. The lowest BCUT2D eigenvalue weighted by Gasteiger charge is -2.33. The fraction of sp³-hybridized carbons (Fsp3) is 0.588. The second kappa shape index (κ2) is 5.74. The third kappa shape index (κ3) is 2.40. The van der Waals surface area contributed by atoms with Crippen LogP contribution in [0.1, 0.15) is 61.2 Å². The molecule has 1 aliphatic carbocycles. The zero-order valence-corrected chi connectivity index (χ0v) is 14.1. The first-order valence-electron chi connectivity index (χ1n) is 8.36. The fourth-order valence-electron chi connectivity index (χ4n) is 4.08. The number of carbonyl (C=O) groups is 1. The highest BCUT2D eigenvalue weighted by molar-refractivity contribution is 7.10. The minimum Gasteiger partial charge on any atom is -0.337 e. The largest absolute Gasteiger partial charge is 0.337 e. The van der Waals surface area contributed by atoms with Gasteiger partial charge in [0.25, 0.3) is 0 Å². The molecule has 1 atom stereocenters. The predicted molar refractivity (Wildman–Crippen MR) is 87.2 cm³/mol. The van der Waals surface area contributed by atoms with Crippen LogP contribution in [0.4, 0.5) is 0 Å². The first kappa shape index (κ1) is 14.9. The van der Waals surface area contributed by atoms with E-state index in [1.807, 2.05) is 11.8 Å². The summed E-state index contributed by atoms with van der Waals surface area (Å²) in [6.07, 6.45) is 6.08. The normalized spacial score (nSPS) is 23.5. The number of carbonyl (C=O) groups excluding carboxylic acids is 1. The van der Waals surface area contributed by atoms with E-state index in [0.717, 1.165) is 45.1 Å². The molecule has 1 aliphatic heterocycles. The van der Waals surface area contributed by atoms with Crippen molar-refractivity contribution in [3.05, 3.63) is 34.1 Å². The molecule has 0 N–H and O–H groups in total. The molecular weight excluding hydrogens is 310 g/mol. The summed E-state index contributed by atoms with van der Waals surface area (Å²) in [5.41, 5.74) is -0.328. The Hall–Kier alpha value is -1.69. The average molecular weight is 331 g/mol. The van der Waals surface area contributed by atoms with Gasteiger partial charge in [-0.25, -0.2) is 0 Å². The van der Waals surface area contributed by atoms with E-state index >= 15 is 0 Å². The molecule has 2 aromatic heterocycles. The van der Waals surface area contributed by atoms with Crippen LogP contribution in [0.3, 0.4) is 0 Å². The van der Waals surface area contributed by atoms with E-state index in [4.69, 9.17) is 4.52 Å². The second-order valence-electron chi connectivity index (χ2n) is 6.60. The smallest absolute Gasteiger partial charge is 0.249 e. The van der Waals surface area contributed by atoms with Crippen molar-refractivity contribution in [2.75, 3.05) is 6.54 Å². The van der Waals surface area contributed by atoms with Gasteiger partial charge in [-0.3, -0.25) is 4.79 Å². The Labute approximate surface area is 139 Å². The summed E-state index contributed by atoms with van der Waals surface area (Å²) >= 11 is 1.71. The Bertz CT molecular complexity index is 689. The highest BCUT2D eigenvalue weighted by Crippen LogP contribution is 2.46. The number of aryl methyl sites for hydroxylation is 1. The minimum absolute atomic E-state index is 0.0545. The molecule has 0 aromatic carbocycles. The van der Waals surface area contributed by atoms with Crippen molar-refractivity contribution in [1.82, 2.24) is 15.0 Å². The van der Waals surface area contributed by atoms with Crippen LogP contribution in [0.25, 0.3) is 0 Å². The molecule has 6 heteroatoms. The Morgan fingerprint density at radius 1 is 1.39 bits per heavy atom. The second-order valence-corrected chi connectivity index (χ2v) is 7.55. The van der Waals surface area contributed by atoms with Crippen molar-refractivity contribution in [3.63, 3.8) is 0 Å². The van der Waals surface area contributed by atoms with Crippen LogP contribution in [0.2, 0.25) is 0 Å². The van der Waals surface area contributed by atoms with E-state index in [2.05, 4.69) is 27.7 Å². The molecule has 2 fully saturated rings. The van der Waals surface area contributed by atoms with E-state index in [9.17, 15) is 4.79 Å². The van der Waals surface area contributed by atoms with Gasteiger partial charge in [-0.1, -0.05) is 24.1 Å². The lowest BCUT2D eigenvalue weighted by molar-refractivity contribution is -0.138. The molecule has 1 saturated carbocycles. The van der Waals surface area contributed by atoms with E-state index < -0.39 is 0 Å². The van der Waals surface area contributed by atoms with Gasteiger partial charge in [0.1, 0.15) is 6.04 Å². The van der Waals surface area contributed by atoms with Crippen molar-refractivity contribution >= 4 is 17.2 Å². The van der Waals surface area contributed by atoms with Gasteiger partial charge in [0.05, 0.1) is 5.41 Å². The summed E-state index contributed by atoms with van der Waals surface area (Å²) in [6, 6.07) is 4.12. The highest BCUT2D eigenvalue weighted by Gasteiger charge is 2.48. The number of amides is 1. The average Bonchev–Trinajstić information content (AvgIpc) is 3.31. The quantitative estimate of drug-likeness (QED) is 0.862. The molecular formula is C17H21N3O2S. The number of nitrogens with zero attached hydrogens (tertiary/aromatic N) is 3. The van der Waals surface area contributed by atoms with Crippen molar-refractivity contribution in [1.29, 1.82) is 0 Å². The molecule has 3 heterocycles. The van der Waals surface area contributed by atoms with Gasteiger partial charge in [0.2, 0.25) is 11.8 Å². The van der Waals surface area contributed by atoms with Gasteiger partial charge >= 0.3 is 0 Å². The number of rotatable bonds is 3. The first-order valence-corrected chi connectivity index (χ1v) is 9.24. The van der Waals surface area contributed by atoms with Crippen LogP contribution in [0.15, 0.2) is 22.0 Å². The van der Waals surface area contributed by atoms with Crippen molar-refractivity contribution in [3.8, 4) is 0 Å². The summed E-state index contributed by atoms with van der Waals surface area (Å²) in [4.78, 5) is 21.1. The Kier molecular flexibility index (Phi) is 3.71. The number of aromatic nitrogens is 2. The molecule has 2 aromatic rings. The van der Waals surface area contributed by atoms with Gasteiger partial charge in [-0.05, 0) is 44.1 Å². The summed E-state index contributed by atoms with van der Waals surface area (Å²) < 4.78 is 5.36. The maximum atomic E-state index is 13.5. The summed E-state index contributed by atoms with van der Waals surface area (Å²) in [5.74, 6) is 1.48. The standard InChI is InChI=1S/C17H21N3O2S/c1-12-18-15(22-19-12)13-6-4-10-20(13)16(21)17(8-2-3-9-17)14-7-5-11-23-14/h5,7,11,13H,2-4,6,8-10H2,1H3/t13-/m0/s1. The van der Waals surface area contributed by atoms with E-state index in [0.29, 0.717) is 11.7 Å². The molecule has 4 rings (SSSR count). The number of hydrogen-bond acceptors (Lipinski definition) is 5. The number of thiophene rings is 1. The summed E-state index contributed by atoms with van der Waals surface area (Å²) in [5, 5.41) is 5.97. The van der Waals surface area contributed by atoms with E-state index in [1.165, 1.54) is 4.88 Å². The maximum Gasteiger partial charge on any atom is 0.249 e. The van der Waals surface area contributed by atoms with E-state index in [-0.39, 0.29) is 17.4 Å².